The summed E-state index contributed by atoms with van der Waals surface area (Å²) < 4.78 is 29.7. The molecule has 2 aromatic carbocycles. The summed E-state index contributed by atoms with van der Waals surface area (Å²) in [6.07, 6.45) is 4.08. The highest BCUT2D eigenvalue weighted by Crippen LogP contribution is 2.26. The fourth-order valence-electron chi connectivity index (χ4n) is 4.27. The van der Waals surface area contributed by atoms with Crippen LogP contribution < -0.4 is 5.32 Å². The Bertz CT molecular complexity index is 1180. The Morgan fingerprint density at radius 2 is 1.81 bits per heavy atom. The van der Waals surface area contributed by atoms with Gasteiger partial charge in [0.25, 0.3) is 0 Å². The molecule has 1 amide bonds. The number of aromatic nitrogens is 1. The van der Waals surface area contributed by atoms with Crippen molar-refractivity contribution in [3.8, 4) is 0 Å². The van der Waals surface area contributed by atoms with Gasteiger partial charge in [0.1, 0.15) is 0 Å². The highest BCUT2D eigenvalue weighted by Gasteiger charge is 2.28. The monoisotopic (exact) mass is 453 g/mol. The van der Waals surface area contributed by atoms with Crippen molar-refractivity contribution < 1.29 is 13.2 Å². The van der Waals surface area contributed by atoms with Gasteiger partial charge in [-0.15, -0.1) is 0 Å². The van der Waals surface area contributed by atoms with Gasteiger partial charge in [0.2, 0.25) is 15.9 Å². The predicted octanol–water partition coefficient (Wildman–Crippen LogP) is 4.33. The second kappa shape index (κ2) is 9.46. The van der Waals surface area contributed by atoms with Crippen molar-refractivity contribution in [2.45, 2.75) is 50.6 Å². The summed E-state index contributed by atoms with van der Waals surface area (Å²) in [5, 5.41) is 3.91. The van der Waals surface area contributed by atoms with Crippen LogP contribution in [-0.4, -0.2) is 36.3 Å². The second-order valence-corrected chi connectivity index (χ2v) is 10.7. The third kappa shape index (κ3) is 4.89. The lowest BCUT2D eigenvalue weighted by atomic mass is 10.0. The standard InChI is InChI=1S/C25H31N3O3S/c1-19-10-16-28(17-11-19)32(30,31)23-8-9-24-22(18-23)12-14-27(24)15-13-25(29)26-20(2)21-6-4-3-5-7-21/h3-9,12,14,18-20H,10-11,13,15-17H2,1-2H3,(H,26,29)/t20-/m0/s1. The van der Waals surface area contributed by atoms with Crippen molar-refractivity contribution >= 4 is 26.8 Å². The van der Waals surface area contributed by atoms with E-state index >= 15 is 0 Å². The van der Waals surface area contributed by atoms with E-state index in [1.54, 1.807) is 16.4 Å². The molecule has 0 spiro atoms. The first kappa shape index (κ1) is 22.6. The van der Waals surface area contributed by atoms with E-state index in [1.807, 2.05) is 60.2 Å². The first-order valence-corrected chi connectivity index (χ1v) is 12.7. The molecular formula is C25H31N3O3S. The SMILES string of the molecule is CC1CCN(S(=O)(=O)c2ccc3c(ccn3CCC(=O)N[C@@H](C)c3ccccc3)c2)CC1. The number of nitrogens with one attached hydrogen (secondary N) is 1. The molecule has 6 nitrogen and oxygen atoms in total. The molecule has 0 unspecified atom stereocenters. The molecule has 1 aliphatic rings. The van der Waals surface area contributed by atoms with E-state index in [1.165, 1.54) is 0 Å². The van der Waals surface area contributed by atoms with E-state index in [2.05, 4.69) is 12.2 Å². The number of benzene rings is 2. The number of aryl methyl sites for hydroxylation is 1. The highest BCUT2D eigenvalue weighted by atomic mass is 32.2. The number of hydrogen-bond donors (Lipinski definition) is 1. The van der Waals surface area contributed by atoms with Crippen LogP contribution in [0.3, 0.4) is 0 Å². The van der Waals surface area contributed by atoms with Crippen molar-refractivity contribution in [3.63, 3.8) is 0 Å². The summed E-state index contributed by atoms with van der Waals surface area (Å²) in [5.41, 5.74) is 2.00. The zero-order valence-electron chi connectivity index (χ0n) is 18.7. The Morgan fingerprint density at radius 1 is 1.09 bits per heavy atom. The fraction of sp³-hybridized carbons (Fsp3) is 0.400. The van der Waals surface area contributed by atoms with E-state index in [9.17, 15) is 13.2 Å². The number of sulfonamides is 1. The Balaban J connectivity index is 1.41. The first-order chi connectivity index (χ1) is 15.3. The van der Waals surface area contributed by atoms with Crippen LogP contribution >= 0.6 is 0 Å². The maximum atomic E-state index is 13.0. The number of nitrogens with zero attached hydrogens (tertiary/aromatic N) is 2. The van der Waals surface area contributed by atoms with Crippen LogP contribution in [-0.2, 0) is 21.4 Å². The largest absolute Gasteiger partial charge is 0.350 e. The third-order valence-electron chi connectivity index (χ3n) is 6.38. The molecule has 1 N–H and O–H groups in total. The molecule has 7 heteroatoms. The van der Waals surface area contributed by atoms with Crippen LogP contribution in [0, 0.1) is 5.92 Å². The normalized spacial score (nSPS) is 16.8. The topological polar surface area (TPSA) is 71.4 Å². The lowest BCUT2D eigenvalue weighted by Gasteiger charge is -2.29. The van der Waals surface area contributed by atoms with Gasteiger partial charge in [-0.1, -0.05) is 37.3 Å². The number of carbonyl (C=O) groups is 1. The quantitative estimate of drug-likeness (QED) is 0.579. The van der Waals surface area contributed by atoms with Gasteiger partial charge in [0.05, 0.1) is 10.9 Å². The van der Waals surface area contributed by atoms with Gasteiger partial charge >= 0.3 is 0 Å². The van der Waals surface area contributed by atoms with Gasteiger partial charge in [-0.25, -0.2) is 8.42 Å². The number of piperidine rings is 1. The molecule has 170 valence electrons. The average Bonchev–Trinajstić information content (AvgIpc) is 3.21. The summed E-state index contributed by atoms with van der Waals surface area (Å²) in [4.78, 5) is 12.8. The number of hydrogen-bond acceptors (Lipinski definition) is 3. The molecular weight excluding hydrogens is 422 g/mol. The second-order valence-electron chi connectivity index (χ2n) is 8.77. The number of carbonyl (C=O) groups excluding carboxylic acids is 1. The van der Waals surface area contributed by atoms with Gasteiger partial charge in [-0.2, -0.15) is 4.31 Å². The minimum atomic E-state index is -3.47. The molecule has 0 saturated carbocycles. The molecule has 0 radical (unpaired) electrons. The summed E-state index contributed by atoms with van der Waals surface area (Å²) >= 11 is 0. The van der Waals surface area contributed by atoms with Gasteiger partial charge in [-0.05, 0) is 55.5 Å². The van der Waals surface area contributed by atoms with Crippen LogP contribution in [0.4, 0.5) is 0 Å². The summed E-state index contributed by atoms with van der Waals surface area (Å²) in [6.45, 7) is 5.84. The average molecular weight is 454 g/mol. The third-order valence-corrected chi connectivity index (χ3v) is 8.27. The molecule has 0 aliphatic carbocycles. The first-order valence-electron chi connectivity index (χ1n) is 11.3. The molecule has 1 aliphatic heterocycles. The maximum absolute atomic E-state index is 13.0. The smallest absolute Gasteiger partial charge is 0.243 e. The molecule has 3 aromatic rings. The van der Waals surface area contributed by atoms with Crippen molar-refractivity contribution in [3.05, 3.63) is 66.4 Å². The highest BCUT2D eigenvalue weighted by molar-refractivity contribution is 7.89. The lowest BCUT2D eigenvalue weighted by molar-refractivity contribution is -0.121. The Kier molecular flexibility index (Phi) is 6.67. The van der Waals surface area contributed by atoms with Crippen molar-refractivity contribution in [2.75, 3.05) is 13.1 Å². The van der Waals surface area contributed by atoms with Gasteiger partial charge in [0.15, 0.2) is 0 Å². The zero-order chi connectivity index (χ0) is 22.7. The number of fused-ring (bicyclic) bond motifs is 1. The Labute approximate surface area is 190 Å². The van der Waals surface area contributed by atoms with E-state index in [0.29, 0.717) is 36.9 Å². The van der Waals surface area contributed by atoms with E-state index in [4.69, 9.17) is 0 Å². The van der Waals surface area contributed by atoms with Crippen molar-refractivity contribution in [1.29, 1.82) is 0 Å². The van der Waals surface area contributed by atoms with Crippen molar-refractivity contribution in [2.24, 2.45) is 5.92 Å². The molecule has 1 aromatic heterocycles. The van der Waals surface area contributed by atoms with Crippen LogP contribution in [0.5, 0.6) is 0 Å². The predicted molar refractivity (Wildman–Crippen MR) is 127 cm³/mol. The maximum Gasteiger partial charge on any atom is 0.243 e. The minimum Gasteiger partial charge on any atom is -0.350 e. The molecule has 4 rings (SSSR count). The Morgan fingerprint density at radius 3 is 2.53 bits per heavy atom. The summed E-state index contributed by atoms with van der Waals surface area (Å²) in [5.74, 6) is 0.563. The fourth-order valence-corrected chi connectivity index (χ4v) is 5.77. The number of amides is 1. The summed E-state index contributed by atoms with van der Waals surface area (Å²) in [6, 6.07) is 17.0. The molecule has 1 atom stereocenters. The van der Waals surface area contributed by atoms with E-state index in [0.717, 1.165) is 29.3 Å². The van der Waals surface area contributed by atoms with Crippen LogP contribution in [0.15, 0.2) is 65.7 Å². The van der Waals surface area contributed by atoms with Crippen LogP contribution in [0.2, 0.25) is 0 Å². The van der Waals surface area contributed by atoms with Gasteiger partial charge in [-0.3, -0.25) is 4.79 Å². The van der Waals surface area contributed by atoms with Crippen LogP contribution in [0.1, 0.15) is 44.7 Å². The van der Waals surface area contributed by atoms with E-state index < -0.39 is 10.0 Å². The molecule has 2 heterocycles. The molecule has 1 saturated heterocycles. The van der Waals surface area contributed by atoms with Gasteiger partial charge in [0, 0.05) is 43.2 Å². The lowest BCUT2D eigenvalue weighted by Crippen LogP contribution is -2.37. The summed E-state index contributed by atoms with van der Waals surface area (Å²) in [7, 11) is -3.47. The van der Waals surface area contributed by atoms with Gasteiger partial charge < -0.3 is 9.88 Å². The van der Waals surface area contributed by atoms with Crippen LogP contribution in [0.25, 0.3) is 10.9 Å². The molecule has 1 fully saturated rings. The number of rotatable bonds is 7. The Hall–Kier alpha value is -2.64. The minimum absolute atomic E-state index is 0.0123. The zero-order valence-corrected chi connectivity index (χ0v) is 19.5. The van der Waals surface area contributed by atoms with E-state index in [-0.39, 0.29) is 11.9 Å². The molecule has 0 bridgehead atoms. The van der Waals surface area contributed by atoms with Crippen molar-refractivity contribution in [1.82, 2.24) is 14.2 Å². The molecule has 32 heavy (non-hydrogen) atoms.